The second-order valence-electron chi connectivity index (χ2n) is 4.95. The molecule has 1 rings (SSSR count). The number of rotatable bonds is 4. The van der Waals surface area contributed by atoms with E-state index >= 15 is 0 Å². The lowest BCUT2D eigenvalue weighted by Gasteiger charge is -2.31. The van der Waals surface area contributed by atoms with Gasteiger partial charge in [0.05, 0.1) is 6.54 Å². The van der Waals surface area contributed by atoms with Crippen LogP contribution in [0.3, 0.4) is 0 Å². The maximum Gasteiger partial charge on any atom is 0.234 e. The molecule has 0 bridgehead atoms. The SMILES string of the molecule is CNCC(=O)NC1CCC(C(C)C)CC1. The third-order valence-corrected chi connectivity index (χ3v) is 3.42. The monoisotopic (exact) mass is 212 g/mol. The Balaban J connectivity index is 2.22. The van der Waals surface area contributed by atoms with Crippen LogP contribution in [-0.4, -0.2) is 25.5 Å². The van der Waals surface area contributed by atoms with Crippen LogP contribution in [0.25, 0.3) is 0 Å². The van der Waals surface area contributed by atoms with Gasteiger partial charge >= 0.3 is 0 Å². The van der Waals surface area contributed by atoms with Crippen LogP contribution >= 0.6 is 0 Å². The lowest BCUT2D eigenvalue weighted by atomic mass is 9.80. The van der Waals surface area contributed by atoms with Crippen molar-refractivity contribution < 1.29 is 4.79 Å². The van der Waals surface area contributed by atoms with Crippen molar-refractivity contribution >= 4 is 5.91 Å². The van der Waals surface area contributed by atoms with Crippen LogP contribution in [-0.2, 0) is 4.79 Å². The standard InChI is InChI=1S/C12H24N2O/c1-9(2)10-4-6-11(7-5-10)14-12(15)8-13-3/h9-11,13H,4-8H2,1-3H3,(H,14,15). The molecule has 0 heterocycles. The summed E-state index contributed by atoms with van der Waals surface area (Å²) in [5.41, 5.74) is 0. The minimum absolute atomic E-state index is 0.130. The molecule has 1 aliphatic carbocycles. The molecular weight excluding hydrogens is 188 g/mol. The highest BCUT2D eigenvalue weighted by Gasteiger charge is 2.23. The van der Waals surface area contributed by atoms with E-state index in [4.69, 9.17) is 0 Å². The van der Waals surface area contributed by atoms with Gasteiger partial charge in [0, 0.05) is 6.04 Å². The first-order valence-corrected chi connectivity index (χ1v) is 6.07. The topological polar surface area (TPSA) is 41.1 Å². The molecule has 15 heavy (non-hydrogen) atoms. The maximum atomic E-state index is 11.4. The average Bonchev–Trinajstić information content (AvgIpc) is 2.18. The van der Waals surface area contributed by atoms with E-state index in [0.717, 1.165) is 24.7 Å². The smallest absolute Gasteiger partial charge is 0.234 e. The van der Waals surface area contributed by atoms with Crippen LogP contribution in [0.4, 0.5) is 0 Å². The van der Waals surface area contributed by atoms with Gasteiger partial charge in [-0.2, -0.15) is 0 Å². The van der Waals surface area contributed by atoms with Crippen molar-refractivity contribution in [1.82, 2.24) is 10.6 Å². The summed E-state index contributed by atoms with van der Waals surface area (Å²) in [7, 11) is 1.80. The predicted molar refractivity (Wildman–Crippen MR) is 62.7 cm³/mol. The average molecular weight is 212 g/mol. The molecule has 1 saturated carbocycles. The van der Waals surface area contributed by atoms with Gasteiger partial charge in [0.25, 0.3) is 0 Å². The summed E-state index contributed by atoms with van der Waals surface area (Å²) in [6, 6.07) is 0.417. The van der Waals surface area contributed by atoms with E-state index in [1.54, 1.807) is 7.05 Å². The molecule has 0 atom stereocenters. The summed E-state index contributed by atoms with van der Waals surface area (Å²) < 4.78 is 0. The highest BCUT2D eigenvalue weighted by atomic mass is 16.1. The Morgan fingerprint density at radius 3 is 2.33 bits per heavy atom. The Morgan fingerprint density at radius 2 is 1.87 bits per heavy atom. The van der Waals surface area contributed by atoms with E-state index in [-0.39, 0.29) is 5.91 Å². The molecule has 3 heteroatoms. The van der Waals surface area contributed by atoms with Crippen molar-refractivity contribution in [2.75, 3.05) is 13.6 Å². The molecule has 1 aliphatic rings. The largest absolute Gasteiger partial charge is 0.352 e. The fourth-order valence-corrected chi connectivity index (χ4v) is 2.37. The van der Waals surface area contributed by atoms with Crippen LogP contribution < -0.4 is 10.6 Å². The first-order chi connectivity index (χ1) is 7.13. The molecule has 2 N–H and O–H groups in total. The van der Waals surface area contributed by atoms with Crippen LogP contribution in [0.1, 0.15) is 39.5 Å². The summed E-state index contributed by atoms with van der Waals surface area (Å²) in [6.45, 7) is 5.03. The Kier molecular flexibility index (Phi) is 5.09. The zero-order valence-corrected chi connectivity index (χ0v) is 10.2. The molecule has 0 unspecified atom stereocenters. The van der Waals surface area contributed by atoms with Crippen LogP contribution in [0, 0.1) is 11.8 Å². The number of hydrogen-bond acceptors (Lipinski definition) is 2. The van der Waals surface area contributed by atoms with Crippen molar-refractivity contribution in [3.05, 3.63) is 0 Å². The third kappa shape index (κ3) is 4.20. The van der Waals surface area contributed by atoms with Gasteiger partial charge < -0.3 is 10.6 Å². The van der Waals surface area contributed by atoms with E-state index in [0.29, 0.717) is 12.6 Å². The van der Waals surface area contributed by atoms with Crippen molar-refractivity contribution in [3.63, 3.8) is 0 Å². The molecule has 0 spiro atoms. The number of carbonyl (C=O) groups is 1. The van der Waals surface area contributed by atoms with E-state index in [9.17, 15) is 4.79 Å². The molecule has 1 amide bonds. The van der Waals surface area contributed by atoms with Gasteiger partial charge in [-0.3, -0.25) is 4.79 Å². The molecule has 88 valence electrons. The van der Waals surface area contributed by atoms with Crippen molar-refractivity contribution in [2.24, 2.45) is 11.8 Å². The Hall–Kier alpha value is -0.570. The Bertz CT molecular complexity index is 196. The van der Waals surface area contributed by atoms with Gasteiger partial charge in [0.1, 0.15) is 0 Å². The van der Waals surface area contributed by atoms with Gasteiger partial charge in [-0.1, -0.05) is 13.8 Å². The summed E-state index contributed by atoms with van der Waals surface area (Å²) in [4.78, 5) is 11.4. The minimum atomic E-state index is 0.130. The molecule has 0 aliphatic heterocycles. The Morgan fingerprint density at radius 1 is 1.27 bits per heavy atom. The molecule has 0 aromatic heterocycles. The number of carbonyl (C=O) groups excluding carboxylic acids is 1. The van der Waals surface area contributed by atoms with Crippen molar-refractivity contribution in [3.8, 4) is 0 Å². The zero-order chi connectivity index (χ0) is 11.3. The molecule has 0 saturated heterocycles. The molecule has 0 aromatic carbocycles. The maximum absolute atomic E-state index is 11.4. The van der Waals surface area contributed by atoms with Gasteiger partial charge in [-0.25, -0.2) is 0 Å². The number of hydrogen-bond donors (Lipinski definition) is 2. The fourth-order valence-electron chi connectivity index (χ4n) is 2.37. The van der Waals surface area contributed by atoms with Crippen molar-refractivity contribution in [1.29, 1.82) is 0 Å². The number of nitrogens with one attached hydrogen (secondary N) is 2. The number of amides is 1. The highest BCUT2D eigenvalue weighted by molar-refractivity contribution is 5.78. The molecular formula is C12H24N2O. The lowest BCUT2D eigenvalue weighted by Crippen LogP contribution is -2.41. The first-order valence-electron chi connectivity index (χ1n) is 6.07. The van der Waals surface area contributed by atoms with Gasteiger partial charge in [-0.05, 0) is 44.6 Å². The predicted octanol–water partition coefficient (Wildman–Crippen LogP) is 1.54. The molecule has 1 fully saturated rings. The molecule has 3 nitrogen and oxygen atoms in total. The normalized spacial score (nSPS) is 26.7. The van der Waals surface area contributed by atoms with Crippen LogP contribution in [0.5, 0.6) is 0 Å². The van der Waals surface area contributed by atoms with E-state index in [2.05, 4.69) is 24.5 Å². The van der Waals surface area contributed by atoms with E-state index in [1.807, 2.05) is 0 Å². The van der Waals surface area contributed by atoms with E-state index in [1.165, 1.54) is 12.8 Å². The first kappa shape index (κ1) is 12.5. The third-order valence-electron chi connectivity index (χ3n) is 3.42. The summed E-state index contributed by atoms with van der Waals surface area (Å²) in [5, 5.41) is 5.95. The van der Waals surface area contributed by atoms with Gasteiger partial charge in [-0.15, -0.1) is 0 Å². The highest BCUT2D eigenvalue weighted by Crippen LogP contribution is 2.29. The van der Waals surface area contributed by atoms with Crippen LogP contribution in [0.15, 0.2) is 0 Å². The molecule has 0 aromatic rings. The summed E-state index contributed by atoms with van der Waals surface area (Å²) in [5.74, 6) is 1.78. The van der Waals surface area contributed by atoms with E-state index < -0.39 is 0 Å². The fraction of sp³-hybridized carbons (Fsp3) is 0.917. The Labute approximate surface area is 93.0 Å². The second kappa shape index (κ2) is 6.11. The summed E-state index contributed by atoms with van der Waals surface area (Å²) >= 11 is 0. The summed E-state index contributed by atoms with van der Waals surface area (Å²) in [6.07, 6.45) is 4.83. The lowest BCUT2D eigenvalue weighted by molar-refractivity contribution is -0.121. The van der Waals surface area contributed by atoms with Crippen molar-refractivity contribution in [2.45, 2.75) is 45.6 Å². The minimum Gasteiger partial charge on any atom is -0.352 e. The quantitative estimate of drug-likeness (QED) is 0.742. The number of likely N-dealkylation sites (N-methyl/N-ethyl adjacent to an activating group) is 1. The van der Waals surface area contributed by atoms with Gasteiger partial charge in [0.15, 0.2) is 0 Å². The van der Waals surface area contributed by atoms with Crippen LogP contribution in [0.2, 0.25) is 0 Å². The zero-order valence-electron chi connectivity index (χ0n) is 10.2. The van der Waals surface area contributed by atoms with Gasteiger partial charge in [0.2, 0.25) is 5.91 Å². The second-order valence-corrected chi connectivity index (χ2v) is 4.95. The molecule has 0 radical (unpaired) electrons.